The van der Waals surface area contributed by atoms with E-state index in [9.17, 15) is 9.90 Å². The van der Waals surface area contributed by atoms with E-state index in [1.165, 1.54) is 7.11 Å². The largest absolute Gasteiger partial charge is 0.493 e. The van der Waals surface area contributed by atoms with Crippen LogP contribution in [-0.2, 0) is 12.1 Å². The smallest absolute Gasteiger partial charge is 0.262 e. The van der Waals surface area contributed by atoms with E-state index in [0.29, 0.717) is 46.0 Å². The Morgan fingerprint density at radius 2 is 1.63 bits per heavy atom. The highest BCUT2D eigenvalue weighted by molar-refractivity contribution is 5.83. The molecule has 178 valence electrons. The van der Waals surface area contributed by atoms with Crippen molar-refractivity contribution in [3.05, 3.63) is 106 Å². The van der Waals surface area contributed by atoms with Gasteiger partial charge in [-0.25, -0.2) is 4.98 Å². The second-order valence-corrected chi connectivity index (χ2v) is 8.60. The number of ether oxygens (including phenoxy) is 2. The molecule has 0 aliphatic carbocycles. The third kappa shape index (κ3) is 3.84. The second kappa shape index (κ2) is 8.92. The molecule has 1 aliphatic heterocycles. The monoisotopic (exact) mass is 469 g/mol. The van der Waals surface area contributed by atoms with Crippen molar-refractivity contribution in [2.24, 2.45) is 0 Å². The minimum absolute atomic E-state index is 0.264. The first-order chi connectivity index (χ1) is 17.0. The van der Waals surface area contributed by atoms with Crippen LogP contribution in [0, 0.1) is 0 Å². The van der Waals surface area contributed by atoms with Crippen molar-refractivity contribution in [2.45, 2.75) is 25.1 Å². The highest BCUT2D eigenvalue weighted by Gasteiger charge is 2.41. The molecule has 0 bridgehead atoms. The van der Waals surface area contributed by atoms with Crippen molar-refractivity contribution in [2.75, 3.05) is 14.2 Å². The first-order valence-corrected chi connectivity index (χ1v) is 11.4. The molecule has 0 saturated carbocycles. The molecule has 0 fully saturated rings. The standard InChI is InChI=1S/C28H27N3O4/c1-18-28(33,20-12-8-5-9-13-20)16-23(29-17-19-10-6-4-7-11-19)26-30-22-15-25(35-3)24(34-2)14-21(22)27(32)31(18)26/h4-16,18,29,33H,17H2,1-3H3/t18-,28-/m0/s1. The van der Waals surface area contributed by atoms with Gasteiger partial charge in [0.25, 0.3) is 5.56 Å². The fourth-order valence-corrected chi connectivity index (χ4v) is 4.63. The summed E-state index contributed by atoms with van der Waals surface area (Å²) >= 11 is 0. The van der Waals surface area contributed by atoms with Crippen molar-refractivity contribution in [3.63, 3.8) is 0 Å². The Bertz CT molecular complexity index is 1460. The van der Waals surface area contributed by atoms with E-state index in [1.807, 2.05) is 67.6 Å². The van der Waals surface area contributed by atoms with Gasteiger partial charge in [-0.05, 0) is 30.2 Å². The van der Waals surface area contributed by atoms with Crippen LogP contribution in [0.1, 0.15) is 29.9 Å². The highest BCUT2D eigenvalue weighted by Crippen LogP contribution is 2.41. The molecule has 35 heavy (non-hydrogen) atoms. The van der Waals surface area contributed by atoms with Gasteiger partial charge in [-0.3, -0.25) is 9.36 Å². The lowest BCUT2D eigenvalue weighted by Gasteiger charge is -2.39. The predicted molar refractivity (Wildman–Crippen MR) is 135 cm³/mol. The molecule has 2 N–H and O–H groups in total. The van der Waals surface area contributed by atoms with Gasteiger partial charge in [0, 0.05) is 12.6 Å². The van der Waals surface area contributed by atoms with Crippen LogP contribution in [0.3, 0.4) is 0 Å². The molecule has 4 aromatic rings. The Morgan fingerprint density at radius 3 is 2.29 bits per heavy atom. The molecule has 1 aliphatic rings. The number of fused-ring (bicyclic) bond motifs is 2. The number of benzene rings is 3. The number of rotatable bonds is 6. The second-order valence-electron chi connectivity index (χ2n) is 8.60. The zero-order valence-electron chi connectivity index (χ0n) is 19.9. The van der Waals surface area contributed by atoms with Gasteiger partial charge in [-0.15, -0.1) is 0 Å². The summed E-state index contributed by atoms with van der Waals surface area (Å²) in [7, 11) is 3.07. The van der Waals surface area contributed by atoms with Crippen LogP contribution in [0.4, 0.5) is 0 Å². The van der Waals surface area contributed by atoms with E-state index in [4.69, 9.17) is 14.5 Å². The highest BCUT2D eigenvalue weighted by atomic mass is 16.5. The maximum absolute atomic E-state index is 13.9. The van der Waals surface area contributed by atoms with Gasteiger partial charge in [0.1, 0.15) is 5.60 Å². The average molecular weight is 470 g/mol. The SMILES string of the molecule is COc1cc2nc3n(c(=O)c2cc1OC)[C@@H](C)[C@](O)(c1ccccc1)C=C3NCc1ccccc1. The Hall–Kier alpha value is -4.10. The van der Waals surface area contributed by atoms with Crippen molar-refractivity contribution >= 4 is 16.6 Å². The fourth-order valence-electron chi connectivity index (χ4n) is 4.63. The number of aliphatic hydroxyl groups is 1. The maximum atomic E-state index is 13.9. The Kier molecular flexibility index (Phi) is 5.78. The summed E-state index contributed by atoms with van der Waals surface area (Å²) in [6, 6.07) is 22.0. The fraction of sp³-hybridized carbons (Fsp3) is 0.214. The molecule has 0 unspecified atom stereocenters. The van der Waals surface area contributed by atoms with E-state index in [-0.39, 0.29) is 5.56 Å². The number of nitrogens with zero attached hydrogens (tertiary/aromatic N) is 2. The maximum Gasteiger partial charge on any atom is 0.262 e. The summed E-state index contributed by atoms with van der Waals surface area (Å²) in [5.74, 6) is 1.39. The quantitative estimate of drug-likeness (QED) is 0.444. The minimum atomic E-state index is -1.43. The molecule has 0 amide bonds. The van der Waals surface area contributed by atoms with E-state index in [0.717, 1.165) is 5.56 Å². The van der Waals surface area contributed by atoms with Crippen LogP contribution >= 0.6 is 0 Å². The van der Waals surface area contributed by atoms with Crippen molar-refractivity contribution in [1.29, 1.82) is 0 Å². The summed E-state index contributed by atoms with van der Waals surface area (Å²) in [6.45, 7) is 2.34. The molecule has 0 spiro atoms. The molecule has 1 aromatic heterocycles. The lowest BCUT2D eigenvalue weighted by Crippen LogP contribution is -2.44. The molecule has 3 aromatic carbocycles. The molecule has 7 heteroatoms. The van der Waals surface area contributed by atoms with Crippen LogP contribution in [0.25, 0.3) is 16.6 Å². The van der Waals surface area contributed by atoms with Gasteiger partial charge in [0.15, 0.2) is 17.3 Å². The topological polar surface area (TPSA) is 85.6 Å². The Morgan fingerprint density at radius 1 is 1.00 bits per heavy atom. The van der Waals surface area contributed by atoms with E-state index >= 15 is 0 Å². The molecule has 7 nitrogen and oxygen atoms in total. The Labute approximate surface area is 203 Å². The van der Waals surface area contributed by atoms with Crippen molar-refractivity contribution in [1.82, 2.24) is 14.9 Å². The molecule has 5 rings (SSSR count). The van der Waals surface area contributed by atoms with Gasteiger partial charge in [-0.1, -0.05) is 60.7 Å². The van der Waals surface area contributed by atoms with Crippen molar-refractivity contribution in [3.8, 4) is 11.5 Å². The van der Waals surface area contributed by atoms with Crippen LogP contribution in [0.15, 0.2) is 83.7 Å². The van der Waals surface area contributed by atoms with Gasteiger partial charge < -0.3 is 19.9 Å². The zero-order valence-corrected chi connectivity index (χ0v) is 19.9. The molecule has 0 saturated heterocycles. The predicted octanol–water partition coefficient (Wildman–Crippen LogP) is 4.01. The summed E-state index contributed by atoms with van der Waals surface area (Å²) in [5.41, 5.74) is 1.13. The lowest BCUT2D eigenvalue weighted by atomic mass is 9.83. The molecular formula is C28H27N3O4. The third-order valence-electron chi connectivity index (χ3n) is 6.60. The van der Waals surface area contributed by atoms with Gasteiger partial charge in [0.2, 0.25) is 0 Å². The molecular weight excluding hydrogens is 442 g/mol. The number of hydrogen-bond acceptors (Lipinski definition) is 6. The van der Waals surface area contributed by atoms with Gasteiger partial charge >= 0.3 is 0 Å². The zero-order chi connectivity index (χ0) is 24.6. The normalized spacial score (nSPS) is 19.1. The van der Waals surface area contributed by atoms with Crippen LogP contribution in [0.2, 0.25) is 0 Å². The van der Waals surface area contributed by atoms with Crippen LogP contribution in [0.5, 0.6) is 11.5 Å². The third-order valence-corrected chi connectivity index (χ3v) is 6.60. The van der Waals surface area contributed by atoms with Gasteiger partial charge in [0.05, 0.1) is 36.9 Å². The number of methoxy groups -OCH3 is 2. The number of aromatic nitrogens is 2. The van der Waals surface area contributed by atoms with E-state index < -0.39 is 11.6 Å². The van der Waals surface area contributed by atoms with E-state index in [1.54, 1.807) is 29.9 Å². The molecule has 2 heterocycles. The summed E-state index contributed by atoms with van der Waals surface area (Å²) in [4.78, 5) is 18.7. The summed E-state index contributed by atoms with van der Waals surface area (Å²) < 4.78 is 12.4. The lowest BCUT2D eigenvalue weighted by molar-refractivity contribution is 0.0321. The van der Waals surface area contributed by atoms with Gasteiger partial charge in [-0.2, -0.15) is 0 Å². The first-order valence-electron chi connectivity index (χ1n) is 11.4. The van der Waals surface area contributed by atoms with Crippen molar-refractivity contribution < 1.29 is 14.6 Å². The number of hydrogen-bond donors (Lipinski definition) is 2. The summed E-state index contributed by atoms with van der Waals surface area (Å²) in [6.07, 6.45) is 1.77. The summed E-state index contributed by atoms with van der Waals surface area (Å²) in [5, 5.41) is 15.7. The number of nitrogens with one attached hydrogen (secondary N) is 1. The average Bonchev–Trinajstić information content (AvgIpc) is 2.90. The molecule has 2 atom stereocenters. The van der Waals surface area contributed by atoms with E-state index in [2.05, 4.69) is 5.32 Å². The van der Waals surface area contributed by atoms with Crippen LogP contribution < -0.4 is 20.3 Å². The Balaban J connectivity index is 1.73. The first kappa shape index (κ1) is 22.7. The minimum Gasteiger partial charge on any atom is -0.493 e. The van der Waals surface area contributed by atoms with Crippen LogP contribution in [-0.4, -0.2) is 28.9 Å². The molecule has 0 radical (unpaired) electrons.